The Kier molecular flexibility index (Phi) is 4.06. The molecule has 2 rings (SSSR count). The summed E-state index contributed by atoms with van der Waals surface area (Å²) in [6.07, 6.45) is 2.70. The predicted octanol–water partition coefficient (Wildman–Crippen LogP) is 1.87. The van der Waals surface area contributed by atoms with E-state index in [1.807, 2.05) is 0 Å². The third kappa shape index (κ3) is 3.18. The largest absolute Gasteiger partial charge is 0.478 e. The third-order valence-electron chi connectivity index (χ3n) is 2.18. The Morgan fingerprint density at radius 2 is 2.00 bits per heavy atom. The molecular weight excluding hydrogens is 286 g/mol. The fraction of sp³-hybridized carbons (Fsp3) is 0. The summed E-state index contributed by atoms with van der Waals surface area (Å²) in [5.41, 5.74) is -0.136. The van der Waals surface area contributed by atoms with E-state index >= 15 is 0 Å². The maximum atomic E-state index is 11.7. The molecule has 0 aliphatic heterocycles. The van der Waals surface area contributed by atoms with Gasteiger partial charge in [-0.15, -0.1) is 5.10 Å². The van der Waals surface area contributed by atoms with Crippen LogP contribution in [0.1, 0.15) is 10.4 Å². The minimum atomic E-state index is -1.25. The maximum absolute atomic E-state index is 11.7. The zero-order valence-electron chi connectivity index (χ0n) is 9.87. The van der Waals surface area contributed by atoms with Crippen molar-refractivity contribution < 1.29 is 14.7 Å². The molecule has 1 heterocycles. The molecule has 2 aromatic rings. The first-order valence-corrected chi connectivity index (χ1v) is 5.69. The summed E-state index contributed by atoms with van der Waals surface area (Å²) in [6.45, 7) is 0. The minimum absolute atomic E-state index is 0.0103. The average molecular weight is 294 g/mol. The van der Waals surface area contributed by atoms with Crippen LogP contribution in [-0.4, -0.2) is 32.3 Å². The molecule has 8 nitrogen and oxygen atoms in total. The molecule has 1 aromatic carbocycles. The molecule has 0 aliphatic rings. The highest BCUT2D eigenvalue weighted by Crippen LogP contribution is 2.24. The topological polar surface area (TPSA) is 117 Å². The second kappa shape index (κ2) is 5.93. The van der Waals surface area contributed by atoms with E-state index in [1.54, 1.807) is 0 Å². The van der Waals surface area contributed by atoms with Crippen LogP contribution in [0.3, 0.4) is 0 Å². The molecule has 0 bridgehead atoms. The van der Waals surface area contributed by atoms with E-state index in [-0.39, 0.29) is 22.2 Å². The Labute approximate surface area is 117 Å². The molecule has 0 spiro atoms. The number of urea groups is 1. The van der Waals surface area contributed by atoms with E-state index in [2.05, 4.69) is 25.8 Å². The summed E-state index contributed by atoms with van der Waals surface area (Å²) < 4.78 is 0. The number of amides is 2. The summed E-state index contributed by atoms with van der Waals surface area (Å²) in [6, 6.07) is 3.64. The lowest BCUT2D eigenvalue weighted by Gasteiger charge is -2.09. The number of carboxylic acids is 1. The Bertz CT molecular complexity index is 650. The highest BCUT2D eigenvalue weighted by atomic mass is 35.5. The molecule has 0 saturated heterocycles. The second-order valence-corrected chi connectivity index (χ2v) is 3.92. The first kappa shape index (κ1) is 13.7. The highest BCUT2D eigenvalue weighted by molar-refractivity contribution is 6.34. The van der Waals surface area contributed by atoms with Crippen LogP contribution in [0.5, 0.6) is 0 Å². The van der Waals surface area contributed by atoms with E-state index in [0.29, 0.717) is 0 Å². The van der Waals surface area contributed by atoms with Crippen molar-refractivity contribution in [1.29, 1.82) is 0 Å². The number of nitrogens with zero attached hydrogens (tertiary/aromatic N) is 3. The van der Waals surface area contributed by atoms with Gasteiger partial charge in [0.15, 0.2) is 0 Å². The first-order valence-electron chi connectivity index (χ1n) is 5.31. The summed E-state index contributed by atoms with van der Waals surface area (Å²) in [5.74, 6) is -1.26. The van der Waals surface area contributed by atoms with E-state index in [9.17, 15) is 9.59 Å². The molecule has 0 radical (unpaired) electrons. The SMILES string of the molecule is O=C(Nc1nccnn1)Nc1cccc(Cl)c1C(=O)O. The van der Waals surface area contributed by atoms with Gasteiger partial charge in [0.1, 0.15) is 5.56 Å². The molecule has 0 unspecified atom stereocenters. The van der Waals surface area contributed by atoms with Crippen molar-refractivity contribution in [2.24, 2.45) is 0 Å². The number of nitrogens with one attached hydrogen (secondary N) is 2. The number of benzene rings is 1. The van der Waals surface area contributed by atoms with Crippen LogP contribution < -0.4 is 10.6 Å². The number of aromatic nitrogens is 3. The molecule has 102 valence electrons. The van der Waals surface area contributed by atoms with E-state index in [4.69, 9.17) is 16.7 Å². The van der Waals surface area contributed by atoms with Gasteiger partial charge in [-0.05, 0) is 12.1 Å². The molecule has 0 atom stereocenters. The third-order valence-corrected chi connectivity index (χ3v) is 2.50. The molecule has 0 saturated carbocycles. The van der Waals surface area contributed by atoms with Crippen molar-refractivity contribution in [3.8, 4) is 0 Å². The maximum Gasteiger partial charge on any atom is 0.339 e. The van der Waals surface area contributed by atoms with Crippen molar-refractivity contribution in [3.63, 3.8) is 0 Å². The van der Waals surface area contributed by atoms with E-state index < -0.39 is 12.0 Å². The van der Waals surface area contributed by atoms with Crippen molar-refractivity contribution >= 4 is 35.2 Å². The van der Waals surface area contributed by atoms with Gasteiger partial charge in [-0.1, -0.05) is 17.7 Å². The van der Waals surface area contributed by atoms with Crippen molar-refractivity contribution in [2.45, 2.75) is 0 Å². The number of carbonyl (C=O) groups is 2. The molecule has 3 N–H and O–H groups in total. The van der Waals surface area contributed by atoms with Gasteiger partial charge in [0.05, 0.1) is 23.1 Å². The summed E-state index contributed by atoms with van der Waals surface area (Å²) >= 11 is 5.78. The van der Waals surface area contributed by atoms with Crippen LogP contribution in [0, 0.1) is 0 Å². The zero-order chi connectivity index (χ0) is 14.5. The van der Waals surface area contributed by atoms with E-state index in [1.165, 1.54) is 30.6 Å². The van der Waals surface area contributed by atoms with Crippen LogP contribution >= 0.6 is 11.6 Å². The molecule has 0 fully saturated rings. The lowest BCUT2D eigenvalue weighted by atomic mass is 10.2. The number of anilines is 2. The number of halogens is 1. The standard InChI is InChI=1S/C11H8ClN5O3/c12-6-2-1-3-7(8(6)9(18)19)15-11(20)16-10-13-4-5-14-17-10/h1-5H,(H,18,19)(H2,13,15,16,17,20). The first-order chi connectivity index (χ1) is 9.58. The van der Waals surface area contributed by atoms with Gasteiger partial charge >= 0.3 is 12.0 Å². The number of carboxylic acid groups (broad SMARTS) is 1. The van der Waals surface area contributed by atoms with Gasteiger partial charge in [-0.25, -0.2) is 14.6 Å². The quantitative estimate of drug-likeness (QED) is 0.795. The molecule has 2 amide bonds. The van der Waals surface area contributed by atoms with Crippen LogP contribution in [0.25, 0.3) is 0 Å². The van der Waals surface area contributed by atoms with Gasteiger partial charge in [0, 0.05) is 0 Å². The number of aromatic carboxylic acids is 1. The van der Waals surface area contributed by atoms with Crippen LogP contribution in [0.2, 0.25) is 5.02 Å². The number of carbonyl (C=O) groups excluding carboxylic acids is 1. The molecular formula is C11H8ClN5O3. The molecule has 9 heteroatoms. The second-order valence-electron chi connectivity index (χ2n) is 3.51. The van der Waals surface area contributed by atoms with Gasteiger partial charge < -0.3 is 10.4 Å². The van der Waals surface area contributed by atoms with Gasteiger partial charge in [0.25, 0.3) is 5.95 Å². The van der Waals surface area contributed by atoms with Crippen molar-refractivity contribution in [3.05, 3.63) is 41.2 Å². The summed E-state index contributed by atoms with van der Waals surface area (Å²) in [5, 5.41) is 20.8. The molecule has 20 heavy (non-hydrogen) atoms. The van der Waals surface area contributed by atoms with Gasteiger partial charge in [0.2, 0.25) is 0 Å². The lowest BCUT2D eigenvalue weighted by molar-refractivity contribution is 0.0698. The Hall–Kier alpha value is -2.74. The van der Waals surface area contributed by atoms with Crippen molar-refractivity contribution in [2.75, 3.05) is 10.6 Å². The number of hydrogen-bond donors (Lipinski definition) is 3. The van der Waals surface area contributed by atoms with Crippen molar-refractivity contribution in [1.82, 2.24) is 15.2 Å². The Morgan fingerprint density at radius 3 is 2.65 bits per heavy atom. The van der Waals surface area contributed by atoms with Crippen LogP contribution in [-0.2, 0) is 0 Å². The lowest BCUT2D eigenvalue weighted by Crippen LogP contribution is -2.22. The van der Waals surface area contributed by atoms with Crippen LogP contribution in [0.4, 0.5) is 16.4 Å². The average Bonchev–Trinajstić information content (AvgIpc) is 2.39. The number of rotatable bonds is 3. The molecule has 1 aromatic heterocycles. The normalized spacial score (nSPS) is 9.85. The fourth-order valence-electron chi connectivity index (χ4n) is 1.41. The van der Waals surface area contributed by atoms with Crippen LogP contribution in [0.15, 0.2) is 30.6 Å². The van der Waals surface area contributed by atoms with Gasteiger partial charge in [-0.3, -0.25) is 5.32 Å². The summed E-state index contributed by atoms with van der Waals surface area (Å²) in [4.78, 5) is 26.5. The smallest absolute Gasteiger partial charge is 0.339 e. The monoisotopic (exact) mass is 293 g/mol. The Balaban J connectivity index is 2.16. The summed E-state index contributed by atoms with van der Waals surface area (Å²) in [7, 11) is 0. The number of hydrogen-bond acceptors (Lipinski definition) is 5. The zero-order valence-corrected chi connectivity index (χ0v) is 10.6. The van der Waals surface area contributed by atoms with Gasteiger partial charge in [-0.2, -0.15) is 5.10 Å². The predicted molar refractivity (Wildman–Crippen MR) is 70.9 cm³/mol. The fourth-order valence-corrected chi connectivity index (χ4v) is 1.66. The highest BCUT2D eigenvalue weighted by Gasteiger charge is 2.16. The minimum Gasteiger partial charge on any atom is -0.478 e. The molecule has 0 aliphatic carbocycles. The van der Waals surface area contributed by atoms with E-state index in [0.717, 1.165) is 0 Å². The Morgan fingerprint density at radius 1 is 1.20 bits per heavy atom.